The average Bonchev–Trinajstić information content (AvgIpc) is 2.45. The van der Waals surface area contributed by atoms with E-state index in [-0.39, 0.29) is 24.9 Å². The summed E-state index contributed by atoms with van der Waals surface area (Å²) in [4.78, 5) is 22.6. The zero-order chi connectivity index (χ0) is 15.0. The summed E-state index contributed by atoms with van der Waals surface area (Å²) in [5, 5.41) is 5.74. The van der Waals surface area contributed by atoms with Crippen LogP contribution >= 0.6 is 12.4 Å². The Hall–Kier alpha value is -1.79. The molecule has 118 valence electrons. The number of halogens is 1. The van der Waals surface area contributed by atoms with E-state index >= 15 is 0 Å². The molecule has 0 bridgehead atoms. The first kappa shape index (κ1) is 19.2. The van der Waals surface area contributed by atoms with Crippen molar-refractivity contribution in [1.29, 1.82) is 0 Å². The number of carbonyl (C=O) groups is 2. The predicted molar refractivity (Wildman–Crippen MR) is 83.1 cm³/mol. The van der Waals surface area contributed by atoms with E-state index in [9.17, 15) is 9.59 Å². The van der Waals surface area contributed by atoms with Gasteiger partial charge in [0.15, 0.2) is 6.61 Å². The van der Waals surface area contributed by atoms with E-state index in [0.717, 1.165) is 11.3 Å². The van der Waals surface area contributed by atoms with Crippen LogP contribution in [0.5, 0.6) is 5.75 Å². The second-order valence-electron chi connectivity index (χ2n) is 4.24. The van der Waals surface area contributed by atoms with E-state index in [1.807, 2.05) is 6.92 Å². The molecule has 0 aliphatic rings. The summed E-state index contributed by atoms with van der Waals surface area (Å²) in [7, 11) is 3.10. The van der Waals surface area contributed by atoms with Gasteiger partial charge < -0.3 is 20.1 Å². The fourth-order valence-electron chi connectivity index (χ4n) is 1.52. The third-order valence-electron chi connectivity index (χ3n) is 2.66. The Morgan fingerprint density at radius 3 is 2.57 bits per heavy atom. The van der Waals surface area contributed by atoms with Crippen molar-refractivity contribution in [2.75, 3.05) is 32.6 Å². The molecule has 0 heterocycles. The lowest BCUT2D eigenvalue weighted by atomic mass is 10.2. The summed E-state index contributed by atoms with van der Waals surface area (Å²) in [6.45, 7) is 2.35. The van der Waals surface area contributed by atoms with Crippen LogP contribution in [0.1, 0.15) is 12.0 Å². The smallest absolute Gasteiger partial charge is 0.343 e. The number of esters is 1. The Morgan fingerprint density at radius 1 is 1.29 bits per heavy atom. The largest absolute Gasteiger partial charge is 0.482 e. The SMILES string of the molecule is CNCCC(=O)Nc1ccc(OCC(=O)OC)cc1C.Cl. The lowest BCUT2D eigenvalue weighted by Gasteiger charge is -2.11. The fourth-order valence-corrected chi connectivity index (χ4v) is 1.52. The van der Waals surface area contributed by atoms with Crippen LogP contribution in [0.15, 0.2) is 18.2 Å². The normalized spacial score (nSPS) is 9.48. The van der Waals surface area contributed by atoms with Gasteiger partial charge in [-0.1, -0.05) is 0 Å². The van der Waals surface area contributed by atoms with Crippen LogP contribution in [0.25, 0.3) is 0 Å². The van der Waals surface area contributed by atoms with Crippen molar-refractivity contribution in [3.63, 3.8) is 0 Å². The van der Waals surface area contributed by atoms with Gasteiger partial charge in [0.1, 0.15) is 5.75 Å². The Morgan fingerprint density at radius 2 is 2.00 bits per heavy atom. The first-order valence-corrected chi connectivity index (χ1v) is 6.31. The molecule has 0 spiro atoms. The highest BCUT2D eigenvalue weighted by Crippen LogP contribution is 2.21. The standard InChI is InChI=1S/C14H20N2O4.ClH/c1-10-8-11(20-9-14(18)19-3)4-5-12(10)16-13(17)6-7-15-2;/h4-5,8,15H,6-7,9H2,1-3H3,(H,16,17);1H. The second-order valence-corrected chi connectivity index (χ2v) is 4.24. The maximum Gasteiger partial charge on any atom is 0.343 e. The van der Waals surface area contributed by atoms with Gasteiger partial charge in [0.2, 0.25) is 5.91 Å². The number of nitrogens with one attached hydrogen (secondary N) is 2. The summed E-state index contributed by atoms with van der Waals surface area (Å²) in [5.74, 6) is 0.0684. The van der Waals surface area contributed by atoms with Crippen molar-refractivity contribution in [1.82, 2.24) is 5.32 Å². The first-order valence-electron chi connectivity index (χ1n) is 6.31. The molecule has 0 saturated heterocycles. The molecule has 0 unspecified atom stereocenters. The third-order valence-corrected chi connectivity index (χ3v) is 2.66. The zero-order valence-electron chi connectivity index (χ0n) is 12.4. The number of ether oxygens (including phenoxy) is 2. The molecule has 1 rings (SSSR count). The molecule has 0 atom stereocenters. The molecule has 0 radical (unpaired) electrons. The van der Waals surface area contributed by atoms with E-state index < -0.39 is 5.97 Å². The molecule has 0 aliphatic carbocycles. The molecule has 0 aromatic heterocycles. The lowest BCUT2D eigenvalue weighted by molar-refractivity contribution is -0.142. The van der Waals surface area contributed by atoms with Crippen molar-refractivity contribution >= 4 is 30.0 Å². The van der Waals surface area contributed by atoms with Gasteiger partial charge in [0.05, 0.1) is 7.11 Å². The van der Waals surface area contributed by atoms with Gasteiger partial charge in [-0.3, -0.25) is 4.79 Å². The maximum absolute atomic E-state index is 11.6. The number of rotatable bonds is 7. The van der Waals surface area contributed by atoms with Gasteiger partial charge in [0.25, 0.3) is 0 Å². The summed E-state index contributed by atoms with van der Waals surface area (Å²) < 4.78 is 9.76. The van der Waals surface area contributed by atoms with Gasteiger partial charge in [0, 0.05) is 18.7 Å². The highest BCUT2D eigenvalue weighted by Gasteiger charge is 2.07. The van der Waals surface area contributed by atoms with Gasteiger partial charge in [-0.25, -0.2) is 4.79 Å². The van der Waals surface area contributed by atoms with Crippen molar-refractivity contribution < 1.29 is 19.1 Å². The molecule has 0 aliphatic heterocycles. The summed E-state index contributed by atoms with van der Waals surface area (Å²) in [6, 6.07) is 5.21. The van der Waals surface area contributed by atoms with Crippen molar-refractivity contribution in [3.8, 4) is 5.75 Å². The quantitative estimate of drug-likeness (QED) is 0.746. The molecular weight excluding hydrogens is 296 g/mol. The number of hydrogen-bond donors (Lipinski definition) is 2. The highest BCUT2D eigenvalue weighted by molar-refractivity contribution is 5.91. The Bertz CT molecular complexity index is 480. The molecule has 0 saturated carbocycles. The fraction of sp³-hybridized carbons (Fsp3) is 0.429. The topological polar surface area (TPSA) is 76.7 Å². The number of aryl methyl sites for hydroxylation is 1. The number of anilines is 1. The minimum absolute atomic E-state index is 0. The van der Waals surface area contributed by atoms with Crippen LogP contribution in [0.4, 0.5) is 5.69 Å². The predicted octanol–water partition coefficient (Wildman–Crippen LogP) is 1.52. The van der Waals surface area contributed by atoms with Gasteiger partial charge in [-0.05, 0) is 37.7 Å². The lowest BCUT2D eigenvalue weighted by Crippen LogP contribution is -2.19. The maximum atomic E-state index is 11.6. The van der Waals surface area contributed by atoms with Gasteiger partial charge in [-0.2, -0.15) is 0 Å². The number of amides is 1. The molecule has 2 N–H and O–H groups in total. The third kappa shape index (κ3) is 6.97. The van der Waals surface area contributed by atoms with Crippen molar-refractivity contribution in [2.24, 2.45) is 0 Å². The molecule has 1 amide bonds. The van der Waals surface area contributed by atoms with Crippen LogP contribution in [-0.2, 0) is 14.3 Å². The first-order chi connectivity index (χ1) is 9.56. The highest BCUT2D eigenvalue weighted by atomic mass is 35.5. The number of hydrogen-bond acceptors (Lipinski definition) is 5. The van der Waals surface area contributed by atoms with E-state index in [2.05, 4.69) is 15.4 Å². The molecule has 1 aromatic carbocycles. The minimum atomic E-state index is -0.438. The van der Waals surface area contributed by atoms with Crippen LogP contribution in [-0.4, -0.2) is 39.2 Å². The molecule has 6 nitrogen and oxygen atoms in total. The average molecular weight is 317 g/mol. The molecular formula is C14H21ClN2O4. The van der Waals surface area contributed by atoms with E-state index in [1.165, 1.54) is 7.11 Å². The molecule has 21 heavy (non-hydrogen) atoms. The minimum Gasteiger partial charge on any atom is -0.482 e. The number of methoxy groups -OCH3 is 1. The molecule has 1 aromatic rings. The summed E-state index contributed by atoms with van der Waals surface area (Å²) >= 11 is 0. The Balaban J connectivity index is 0.00000400. The van der Waals surface area contributed by atoms with Crippen LogP contribution in [0, 0.1) is 6.92 Å². The number of carbonyl (C=O) groups excluding carboxylic acids is 2. The summed E-state index contributed by atoms with van der Waals surface area (Å²) in [5.41, 5.74) is 1.60. The molecule has 7 heteroatoms. The monoisotopic (exact) mass is 316 g/mol. The summed E-state index contributed by atoms with van der Waals surface area (Å²) in [6.07, 6.45) is 0.413. The zero-order valence-corrected chi connectivity index (χ0v) is 13.2. The van der Waals surface area contributed by atoms with Gasteiger partial charge >= 0.3 is 5.97 Å². The van der Waals surface area contributed by atoms with E-state index in [4.69, 9.17) is 4.74 Å². The van der Waals surface area contributed by atoms with Gasteiger partial charge in [-0.15, -0.1) is 12.4 Å². The number of benzene rings is 1. The van der Waals surface area contributed by atoms with E-state index in [1.54, 1.807) is 25.2 Å². The van der Waals surface area contributed by atoms with Crippen molar-refractivity contribution in [3.05, 3.63) is 23.8 Å². The second kappa shape index (κ2) is 10.0. The Labute approximate surface area is 130 Å². The Kier molecular flexibility index (Phi) is 9.16. The van der Waals surface area contributed by atoms with Crippen LogP contribution in [0.3, 0.4) is 0 Å². The van der Waals surface area contributed by atoms with Crippen molar-refractivity contribution in [2.45, 2.75) is 13.3 Å². The van der Waals surface area contributed by atoms with Crippen LogP contribution in [0.2, 0.25) is 0 Å². The van der Waals surface area contributed by atoms with E-state index in [0.29, 0.717) is 18.7 Å². The molecule has 0 fully saturated rings. The van der Waals surface area contributed by atoms with Crippen LogP contribution < -0.4 is 15.4 Å².